The molecule has 0 fully saturated rings. The second kappa shape index (κ2) is 9.32. The summed E-state index contributed by atoms with van der Waals surface area (Å²) in [6, 6.07) is 9.37. The molecule has 3 rings (SSSR count). The molecule has 0 radical (unpaired) electrons. The minimum atomic E-state index is -0.212. The Bertz CT molecular complexity index is 983. The summed E-state index contributed by atoms with van der Waals surface area (Å²) in [6.07, 6.45) is 7.91. The topological polar surface area (TPSA) is 70.8 Å². The molecule has 0 aromatic carbocycles. The van der Waals surface area contributed by atoms with Crippen molar-refractivity contribution in [3.05, 3.63) is 66.0 Å². The first kappa shape index (κ1) is 20.5. The van der Waals surface area contributed by atoms with Gasteiger partial charge in [0.25, 0.3) is 11.8 Å². The molecule has 0 atom stereocenters. The molecule has 0 unspecified atom stereocenters. The molecule has 0 bridgehead atoms. The summed E-state index contributed by atoms with van der Waals surface area (Å²) in [7, 11) is 3.52. The minimum absolute atomic E-state index is 0.166. The van der Waals surface area contributed by atoms with Crippen molar-refractivity contribution in [3.8, 4) is 0 Å². The van der Waals surface area contributed by atoms with Crippen LogP contribution in [-0.2, 0) is 6.42 Å². The van der Waals surface area contributed by atoms with Crippen molar-refractivity contribution in [2.75, 3.05) is 27.2 Å². The second-order valence-corrected chi connectivity index (χ2v) is 7.15. The lowest BCUT2D eigenvalue weighted by molar-refractivity contribution is 0.0782. The summed E-state index contributed by atoms with van der Waals surface area (Å²) >= 11 is 0. The van der Waals surface area contributed by atoms with E-state index in [4.69, 9.17) is 0 Å². The SMILES string of the molecule is CCCCN(C)C(=O)c1nc(C(=O)N(C)CCc2ccncc2)n2ccccc12. The molecule has 0 saturated carbocycles. The number of rotatable bonds is 8. The van der Waals surface area contributed by atoms with Gasteiger partial charge in [-0.3, -0.25) is 19.0 Å². The van der Waals surface area contributed by atoms with E-state index in [1.54, 1.807) is 46.9 Å². The van der Waals surface area contributed by atoms with Gasteiger partial charge in [0.15, 0.2) is 5.69 Å². The maximum Gasteiger partial charge on any atom is 0.290 e. The lowest BCUT2D eigenvalue weighted by Gasteiger charge is -2.16. The van der Waals surface area contributed by atoms with Crippen LogP contribution in [0.15, 0.2) is 48.9 Å². The van der Waals surface area contributed by atoms with Crippen LogP contribution >= 0.6 is 0 Å². The third kappa shape index (κ3) is 4.62. The van der Waals surface area contributed by atoms with Gasteiger partial charge in [-0.05, 0) is 42.7 Å². The van der Waals surface area contributed by atoms with Crippen molar-refractivity contribution >= 4 is 17.3 Å². The fourth-order valence-electron chi connectivity index (χ4n) is 3.14. The molecule has 152 valence electrons. The first-order valence-corrected chi connectivity index (χ1v) is 9.89. The Kier molecular flexibility index (Phi) is 6.59. The highest BCUT2D eigenvalue weighted by Crippen LogP contribution is 2.17. The number of hydrogen-bond acceptors (Lipinski definition) is 4. The number of likely N-dealkylation sites (N-methyl/N-ethyl adjacent to an activating group) is 1. The quantitative estimate of drug-likeness (QED) is 0.590. The van der Waals surface area contributed by atoms with Crippen molar-refractivity contribution in [2.45, 2.75) is 26.2 Å². The summed E-state index contributed by atoms with van der Waals surface area (Å²) in [5.74, 6) is -0.124. The standard InChI is InChI=1S/C22H27N5O2/c1-4-5-14-25(2)21(28)19-18-8-6-7-15-27(18)20(24-19)22(29)26(3)16-11-17-9-12-23-13-10-17/h6-10,12-13,15H,4-5,11,14,16H2,1-3H3. The van der Waals surface area contributed by atoms with E-state index in [2.05, 4.69) is 16.9 Å². The van der Waals surface area contributed by atoms with E-state index in [1.807, 2.05) is 30.3 Å². The third-order valence-corrected chi connectivity index (χ3v) is 4.97. The van der Waals surface area contributed by atoms with Gasteiger partial charge < -0.3 is 9.80 Å². The van der Waals surface area contributed by atoms with Gasteiger partial charge >= 0.3 is 0 Å². The van der Waals surface area contributed by atoms with Crippen LogP contribution in [0.5, 0.6) is 0 Å². The number of pyridine rings is 2. The van der Waals surface area contributed by atoms with Crippen molar-refractivity contribution in [3.63, 3.8) is 0 Å². The molecular weight excluding hydrogens is 366 g/mol. The largest absolute Gasteiger partial charge is 0.340 e. The summed E-state index contributed by atoms with van der Waals surface area (Å²) in [5.41, 5.74) is 2.07. The molecule has 29 heavy (non-hydrogen) atoms. The van der Waals surface area contributed by atoms with Gasteiger partial charge in [0.05, 0.1) is 5.52 Å². The Morgan fingerprint density at radius 3 is 2.45 bits per heavy atom. The number of carbonyl (C=O) groups is 2. The third-order valence-electron chi connectivity index (χ3n) is 4.97. The number of amides is 2. The van der Waals surface area contributed by atoms with E-state index in [1.165, 1.54) is 0 Å². The second-order valence-electron chi connectivity index (χ2n) is 7.15. The minimum Gasteiger partial charge on any atom is -0.340 e. The Morgan fingerprint density at radius 1 is 1.00 bits per heavy atom. The Labute approximate surface area is 171 Å². The van der Waals surface area contributed by atoms with E-state index >= 15 is 0 Å². The van der Waals surface area contributed by atoms with Crippen LogP contribution in [0.3, 0.4) is 0 Å². The molecule has 3 aromatic rings. The van der Waals surface area contributed by atoms with Gasteiger partial charge in [0.2, 0.25) is 5.82 Å². The number of aromatic nitrogens is 3. The van der Waals surface area contributed by atoms with Crippen LogP contribution in [0.1, 0.15) is 46.4 Å². The normalized spacial score (nSPS) is 10.9. The van der Waals surface area contributed by atoms with Crippen LogP contribution < -0.4 is 0 Å². The van der Waals surface area contributed by atoms with Crippen molar-refractivity contribution < 1.29 is 9.59 Å². The van der Waals surface area contributed by atoms with Crippen LogP contribution in [0.4, 0.5) is 0 Å². The average molecular weight is 393 g/mol. The van der Waals surface area contributed by atoms with Gasteiger partial charge in [0.1, 0.15) is 0 Å². The van der Waals surface area contributed by atoms with Crippen molar-refractivity contribution in [2.24, 2.45) is 0 Å². The van der Waals surface area contributed by atoms with Crippen LogP contribution in [-0.4, -0.2) is 63.2 Å². The van der Waals surface area contributed by atoms with Gasteiger partial charge in [-0.15, -0.1) is 0 Å². The summed E-state index contributed by atoms with van der Waals surface area (Å²) in [6.45, 7) is 3.30. The number of imidazole rings is 1. The molecule has 7 nitrogen and oxygen atoms in total. The maximum atomic E-state index is 13.1. The highest BCUT2D eigenvalue weighted by atomic mass is 16.2. The number of nitrogens with zero attached hydrogens (tertiary/aromatic N) is 5. The molecule has 2 amide bonds. The molecule has 0 aliphatic carbocycles. The van der Waals surface area contributed by atoms with Gasteiger partial charge in [-0.25, -0.2) is 4.98 Å². The monoisotopic (exact) mass is 393 g/mol. The number of fused-ring (bicyclic) bond motifs is 1. The fraction of sp³-hybridized carbons (Fsp3) is 0.364. The molecule has 7 heteroatoms. The maximum absolute atomic E-state index is 13.1. The summed E-state index contributed by atoms with van der Waals surface area (Å²) < 4.78 is 1.70. The predicted molar refractivity (Wildman–Crippen MR) is 112 cm³/mol. The van der Waals surface area contributed by atoms with Gasteiger partial charge in [-0.1, -0.05) is 19.4 Å². The lowest BCUT2D eigenvalue weighted by atomic mass is 10.2. The van der Waals surface area contributed by atoms with E-state index in [-0.39, 0.29) is 17.6 Å². The van der Waals surface area contributed by atoms with E-state index in [9.17, 15) is 9.59 Å². The van der Waals surface area contributed by atoms with E-state index < -0.39 is 0 Å². The molecule has 3 aromatic heterocycles. The van der Waals surface area contributed by atoms with Crippen LogP contribution in [0.2, 0.25) is 0 Å². The first-order valence-electron chi connectivity index (χ1n) is 9.89. The molecule has 0 saturated heterocycles. The molecule has 0 aliphatic rings. The van der Waals surface area contributed by atoms with Crippen LogP contribution in [0.25, 0.3) is 5.52 Å². The Balaban J connectivity index is 1.83. The summed E-state index contributed by atoms with van der Waals surface area (Å²) in [5, 5.41) is 0. The number of hydrogen-bond donors (Lipinski definition) is 0. The zero-order chi connectivity index (χ0) is 20.8. The zero-order valence-corrected chi connectivity index (χ0v) is 17.2. The first-order chi connectivity index (χ1) is 14.0. The smallest absolute Gasteiger partial charge is 0.290 e. The Morgan fingerprint density at radius 2 is 1.72 bits per heavy atom. The van der Waals surface area contributed by atoms with E-state index in [0.29, 0.717) is 24.3 Å². The fourth-order valence-corrected chi connectivity index (χ4v) is 3.14. The zero-order valence-electron chi connectivity index (χ0n) is 17.2. The number of carbonyl (C=O) groups excluding carboxylic acids is 2. The molecule has 0 spiro atoms. The molecule has 3 heterocycles. The lowest BCUT2D eigenvalue weighted by Crippen LogP contribution is -2.31. The van der Waals surface area contributed by atoms with Crippen LogP contribution in [0, 0.1) is 0 Å². The van der Waals surface area contributed by atoms with Crippen molar-refractivity contribution in [1.82, 2.24) is 24.2 Å². The molecule has 0 aliphatic heterocycles. The molecular formula is C22H27N5O2. The number of unbranched alkanes of at least 4 members (excludes halogenated alkanes) is 1. The van der Waals surface area contributed by atoms with E-state index in [0.717, 1.165) is 24.8 Å². The Hall–Kier alpha value is -3.22. The predicted octanol–water partition coefficient (Wildman–Crippen LogP) is 2.92. The highest BCUT2D eigenvalue weighted by Gasteiger charge is 2.25. The average Bonchev–Trinajstić information content (AvgIpc) is 3.15. The van der Waals surface area contributed by atoms with Gasteiger partial charge in [0, 0.05) is 45.8 Å². The highest BCUT2D eigenvalue weighted by molar-refractivity contribution is 6.02. The van der Waals surface area contributed by atoms with Gasteiger partial charge in [-0.2, -0.15) is 0 Å². The molecule has 0 N–H and O–H groups in total. The summed E-state index contributed by atoms with van der Waals surface area (Å²) in [4.78, 5) is 37.7. The van der Waals surface area contributed by atoms with Crippen molar-refractivity contribution in [1.29, 1.82) is 0 Å².